The van der Waals surface area contributed by atoms with Gasteiger partial charge in [-0.1, -0.05) is 53.7 Å². The quantitative estimate of drug-likeness (QED) is 0.370. The molecule has 1 aromatic heterocycles. The summed E-state index contributed by atoms with van der Waals surface area (Å²) >= 11 is 1.27. The van der Waals surface area contributed by atoms with Gasteiger partial charge in [0.1, 0.15) is 7.11 Å². The molecule has 0 atom stereocenters. The number of amides is 1. The van der Waals surface area contributed by atoms with Crippen LogP contribution in [0.1, 0.15) is 58.3 Å². The number of oxime groups is 1. The van der Waals surface area contributed by atoms with E-state index in [2.05, 4.69) is 12.1 Å². The Morgan fingerprint density at radius 1 is 1.06 bits per heavy atom. The Balaban J connectivity index is 1.71. The lowest BCUT2D eigenvalue weighted by Gasteiger charge is -2.38. The Labute approximate surface area is 204 Å². The van der Waals surface area contributed by atoms with Gasteiger partial charge in [0.05, 0.1) is 11.4 Å². The molecule has 2 aliphatic carbocycles. The molecule has 0 radical (unpaired) electrons. The van der Waals surface area contributed by atoms with Crippen LogP contribution in [0.5, 0.6) is 5.06 Å². The van der Waals surface area contributed by atoms with Crippen molar-refractivity contribution in [2.75, 3.05) is 12.0 Å². The Bertz CT molecular complexity index is 1020. The molecule has 2 fully saturated rings. The van der Waals surface area contributed by atoms with Crippen molar-refractivity contribution in [2.24, 2.45) is 17.0 Å². The lowest BCUT2D eigenvalue weighted by Crippen LogP contribution is -2.46. The van der Waals surface area contributed by atoms with E-state index in [1.54, 1.807) is 7.11 Å². The Morgan fingerprint density at radius 2 is 1.74 bits per heavy atom. The second kappa shape index (κ2) is 11.0. The van der Waals surface area contributed by atoms with E-state index in [0.717, 1.165) is 67.5 Å². The van der Waals surface area contributed by atoms with Crippen molar-refractivity contribution in [1.29, 1.82) is 0 Å². The zero-order chi connectivity index (χ0) is 24.1. The molecule has 7 nitrogen and oxygen atoms in total. The van der Waals surface area contributed by atoms with Crippen LogP contribution < -0.4 is 9.64 Å². The van der Waals surface area contributed by atoms with Crippen LogP contribution in [0.4, 0.5) is 10.5 Å². The number of carbonyl (C=O) groups is 2. The summed E-state index contributed by atoms with van der Waals surface area (Å²) in [7, 11) is 1.55. The van der Waals surface area contributed by atoms with Gasteiger partial charge in [-0.2, -0.15) is 0 Å². The van der Waals surface area contributed by atoms with E-state index in [4.69, 9.17) is 9.57 Å². The van der Waals surface area contributed by atoms with E-state index < -0.39 is 6.16 Å². The first-order valence-electron chi connectivity index (χ1n) is 12.0. The Hall–Kier alpha value is -2.87. The number of rotatable bonds is 6. The summed E-state index contributed by atoms with van der Waals surface area (Å²) in [4.78, 5) is 33.2. The van der Waals surface area contributed by atoms with Crippen molar-refractivity contribution in [2.45, 2.75) is 64.3 Å². The standard InChI is InChI=1S/C26H32N2O5S/c1-17-8-10-19(11-9-17)24(29)28(21-14-12-20(13-15-21)27-32-2)22-16-23(18-6-4-3-5-7-18)34-25(22)33-26(30)31/h3-7,16-17,19,21H,8-15H2,1-2H3,(H,30,31). The number of anilines is 1. The summed E-state index contributed by atoms with van der Waals surface area (Å²) in [6, 6.07) is 11.6. The minimum Gasteiger partial charge on any atom is -0.449 e. The molecular formula is C26H32N2O5S. The van der Waals surface area contributed by atoms with Gasteiger partial charge in [0, 0.05) is 16.8 Å². The smallest absolute Gasteiger partial charge is 0.449 e. The van der Waals surface area contributed by atoms with E-state index in [9.17, 15) is 14.7 Å². The van der Waals surface area contributed by atoms with Crippen molar-refractivity contribution >= 4 is 34.8 Å². The molecule has 182 valence electrons. The Morgan fingerprint density at radius 3 is 2.35 bits per heavy atom. The van der Waals surface area contributed by atoms with Crippen molar-refractivity contribution in [1.82, 2.24) is 0 Å². The minimum absolute atomic E-state index is 0.0444. The Kier molecular flexibility index (Phi) is 7.88. The molecular weight excluding hydrogens is 452 g/mol. The van der Waals surface area contributed by atoms with E-state index in [-0.39, 0.29) is 22.9 Å². The number of hydrogen-bond acceptors (Lipinski definition) is 6. The zero-order valence-corrected chi connectivity index (χ0v) is 20.6. The fourth-order valence-corrected chi connectivity index (χ4v) is 6.04. The minimum atomic E-state index is -1.38. The highest BCUT2D eigenvalue weighted by molar-refractivity contribution is 7.18. The predicted octanol–water partition coefficient (Wildman–Crippen LogP) is 6.58. The number of hydrogen-bond donors (Lipinski definition) is 1. The third-order valence-electron chi connectivity index (χ3n) is 6.90. The largest absolute Gasteiger partial charge is 0.512 e. The first kappa shape index (κ1) is 24.3. The number of carboxylic acid groups (broad SMARTS) is 1. The second-order valence-electron chi connectivity index (χ2n) is 9.25. The molecule has 0 saturated heterocycles. The van der Waals surface area contributed by atoms with Gasteiger partial charge in [-0.3, -0.25) is 4.79 Å². The molecule has 1 N–H and O–H groups in total. The van der Waals surface area contributed by atoms with Gasteiger partial charge in [-0.05, 0) is 68.9 Å². The summed E-state index contributed by atoms with van der Waals surface area (Å²) in [5.41, 5.74) is 2.52. The summed E-state index contributed by atoms with van der Waals surface area (Å²) in [6.45, 7) is 2.24. The van der Waals surface area contributed by atoms with Crippen molar-refractivity contribution in [3.8, 4) is 15.5 Å². The molecule has 0 bridgehead atoms. The molecule has 0 unspecified atom stereocenters. The lowest BCUT2D eigenvalue weighted by molar-refractivity contribution is -0.124. The van der Waals surface area contributed by atoms with Gasteiger partial charge in [0.15, 0.2) is 0 Å². The van der Waals surface area contributed by atoms with E-state index >= 15 is 0 Å². The van der Waals surface area contributed by atoms with Crippen LogP contribution in [0.15, 0.2) is 41.6 Å². The molecule has 2 aliphatic rings. The number of ether oxygens (including phenoxy) is 1. The molecule has 8 heteroatoms. The van der Waals surface area contributed by atoms with Crippen LogP contribution in [-0.2, 0) is 9.63 Å². The highest BCUT2D eigenvalue weighted by Gasteiger charge is 2.37. The van der Waals surface area contributed by atoms with Crippen LogP contribution in [0, 0.1) is 11.8 Å². The van der Waals surface area contributed by atoms with Crippen molar-refractivity contribution < 1.29 is 24.3 Å². The monoisotopic (exact) mass is 484 g/mol. The SMILES string of the molecule is CON=C1CCC(N(C(=O)C2CCC(C)CC2)c2cc(-c3ccccc3)sc2OC(=O)O)CC1. The van der Waals surface area contributed by atoms with Crippen LogP contribution >= 0.6 is 11.3 Å². The van der Waals surface area contributed by atoms with Crippen LogP contribution in [0.2, 0.25) is 0 Å². The van der Waals surface area contributed by atoms with Gasteiger partial charge in [-0.15, -0.1) is 0 Å². The van der Waals surface area contributed by atoms with Gasteiger partial charge in [0.25, 0.3) is 0 Å². The van der Waals surface area contributed by atoms with Crippen LogP contribution in [0.25, 0.3) is 10.4 Å². The van der Waals surface area contributed by atoms with E-state index in [0.29, 0.717) is 11.6 Å². The number of carbonyl (C=O) groups excluding carboxylic acids is 1. The summed E-state index contributed by atoms with van der Waals surface area (Å²) < 4.78 is 5.23. The topological polar surface area (TPSA) is 88.4 Å². The van der Waals surface area contributed by atoms with Crippen LogP contribution in [-0.4, -0.2) is 36.0 Å². The zero-order valence-electron chi connectivity index (χ0n) is 19.7. The molecule has 1 heterocycles. The maximum Gasteiger partial charge on any atom is 0.512 e. The third-order valence-corrected chi connectivity index (χ3v) is 7.95. The maximum absolute atomic E-state index is 14.0. The predicted molar refractivity (Wildman–Crippen MR) is 134 cm³/mol. The molecule has 2 aromatic rings. The number of benzene rings is 1. The van der Waals surface area contributed by atoms with Crippen molar-refractivity contribution in [3.05, 3.63) is 36.4 Å². The summed E-state index contributed by atoms with van der Waals surface area (Å²) in [5.74, 6) is 0.663. The average Bonchev–Trinajstić information content (AvgIpc) is 3.24. The van der Waals surface area contributed by atoms with Crippen LogP contribution in [0.3, 0.4) is 0 Å². The summed E-state index contributed by atoms with van der Waals surface area (Å²) in [6.07, 6.45) is 5.42. The second-order valence-corrected chi connectivity index (χ2v) is 10.3. The van der Waals surface area contributed by atoms with Gasteiger partial charge < -0.3 is 19.6 Å². The molecule has 0 aliphatic heterocycles. The molecule has 1 aromatic carbocycles. The average molecular weight is 485 g/mol. The highest BCUT2D eigenvalue weighted by Crippen LogP contribution is 2.46. The molecule has 0 spiro atoms. The fourth-order valence-electron chi connectivity index (χ4n) is 5.04. The first-order chi connectivity index (χ1) is 16.5. The van der Waals surface area contributed by atoms with Crippen molar-refractivity contribution in [3.63, 3.8) is 0 Å². The van der Waals surface area contributed by atoms with E-state index in [1.165, 1.54) is 11.3 Å². The van der Waals surface area contributed by atoms with Gasteiger partial charge in [0.2, 0.25) is 11.0 Å². The van der Waals surface area contributed by atoms with E-state index in [1.807, 2.05) is 41.3 Å². The molecule has 1 amide bonds. The first-order valence-corrected chi connectivity index (χ1v) is 12.8. The van der Waals surface area contributed by atoms with Gasteiger partial charge >= 0.3 is 6.16 Å². The normalized spacial score (nSPS) is 22.6. The lowest BCUT2D eigenvalue weighted by atomic mass is 9.81. The molecule has 2 saturated carbocycles. The highest BCUT2D eigenvalue weighted by atomic mass is 32.1. The molecule has 34 heavy (non-hydrogen) atoms. The number of nitrogens with zero attached hydrogens (tertiary/aromatic N) is 2. The fraction of sp³-hybridized carbons (Fsp3) is 0.500. The molecule has 4 rings (SSSR count). The summed E-state index contributed by atoms with van der Waals surface area (Å²) in [5, 5.41) is 13.8. The number of thiophene rings is 1. The van der Waals surface area contributed by atoms with Gasteiger partial charge in [-0.25, -0.2) is 4.79 Å². The third kappa shape index (κ3) is 5.60. The maximum atomic E-state index is 14.0.